The molecule has 1 saturated heterocycles. The topological polar surface area (TPSA) is 53.5 Å². The van der Waals surface area contributed by atoms with E-state index in [9.17, 15) is 9.59 Å². The minimum Gasteiger partial charge on any atom is -0.342 e. The van der Waals surface area contributed by atoms with Crippen molar-refractivity contribution < 1.29 is 9.59 Å². The number of carbonyl (C=O) groups excluding carboxylic acids is 2. The molecule has 0 bridgehead atoms. The molecule has 1 aromatic carbocycles. The van der Waals surface area contributed by atoms with Crippen LogP contribution in [-0.2, 0) is 4.79 Å². The lowest BCUT2D eigenvalue weighted by Crippen LogP contribution is -2.49. The molecule has 6 heteroatoms. The van der Waals surface area contributed by atoms with Crippen LogP contribution in [0.5, 0.6) is 0 Å². The lowest BCUT2D eigenvalue weighted by molar-refractivity contribution is -0.135. The molecule has 2 aromatic rings. The van der Waals surface area contributed by atoms with Crippen molar-refractivity contribution in [3.63, 3.8) is 0 Å². The summed E-state index contributed by atoms with van der Waals surface area (Å²) in [5, 5.41) is 0.997. The van der Waals surface area contributed by atoms with Crippen LogP contribution in [-0.4, -0.2) is 57.4 Å². The van der Waals surface area contributed by atoms with Gasteiger partial charge in [-0.2, -0.15) is 0 Å². The third-order valence-corrected chi connectivity index (χ3v) is 5.38. The predicted octanol–water partition coefficient (Wildman–Crippen LogP) is 2.62. The molecule has 1 fully saturated rings. The van der Waals surface area contributed by atoms with E-state index in [4.69, 9.17) is 0 Å². The van der Waals surface area contributed by atoms with Gasteiger partial charge in [-0.3, -0.25) is 9.59 Å². The smallest absolute Gasteiger partial charge is 0.273 e. The number of para-hydroxylation sites is 1. The van der Waals surface area contributed by atoms with Gasteiger partial charge in [-0.15, -0.1) is 11.8 Å². The van der Waals surface area contributed by atoms with Crippen LogP contribution in [0.2, 0.25) is 0 Å². The zero-order chi connectivity index (χ0) is 17.3. The van der Waals surface area contributed by atoms with Crippen LogP contribution < -0.4 is 0 Å². The SMILES string of the molecule is CC(C)N(C)C(=O)[C@@H]1CSCN1C(=O)c1ccc2ccccc2n1. The van der Waals surface area contributed by atoms with Crippen LogP contribution in [0.25, 0.3) is 10.9 Å². The maximum absolute atomic E-state index is 12.9. The van der Waals surface area contributed by atoms with Crippen molar-refractivity contribution in [2.75, 3.05) is 18.7 Å². The molecule has 0 unspecified atom stereocenters. The first-order chi connectivity index (χ1) is 11.5. The third-order valence-electron chi connectivity index (χ3n) is 4.37. The van der Waals surface area contributed by atoms with E-state index in [2.05, 4.69) is 4.98 Å². The minimum absolute atomic E-state index is 0.0101. The monoisotopic (exact) mass is 343 g/mol. The van der Waals surface area contributed by atoms with Crippen molar-refractivity contribution in [2.45, 2.75) is 25.9 Å². The van der Waals surface area contributed by atoms with Gasteiger partial charge in [0.25, 0.3) is 5.91 Å². The first-order valence-electron chi connectivity index (χ1n) is 8.00. The second-order valence-corrected chi connectivity index (χ2v) is 7.22. The number of fused-ring (bicyclic) bond motifs is 1. The summed E-state index contributed by atoms with van der Waals surface area (Å²) in [4.78, 5) is 33.3. The van der Waals surface area contributed by atoms with E-state index >= 15 is 0 Å². The average Bonchev–Trinajstić information content (AvgIpc) is 3.08. The summed E-state index contributed by atoms with van der Waals surface area (Å²) in [7, 11) is 1.78. The average molecular weight is 343 g/mol. The summed E-state index contributed by atoms with van der Waals surface area (Å²) in [5.41, 5.74) is 1.18. The van der Waals surface area contributed by atoms with Crippen LogP contribution in [0.15, 0.2) is 36.4 Å². The predicted molar refractivity (Wildman–Crippen MR) is 96.9 cm³/mol. The van der Waals surface area contributed by atoms with Gasteiger partial charge in [0, 0.05) is 24.2 Å². The largest absolute Gasteiger partial charge is 0.342 e. The van der Waals surface area contributed by atoms with E-state index < -0.39 is 6.04 Å². The molecule has 1 atom stereocenters. The number of likely N-dealkylation sites (N-methyl/N-ethyl adjacent to an activating group) is 1. The number of hydrogen-bond acceptors (Lipinski definition) is 4. The van der Waals surface area contributed by atoms with Crippen molar-refractivity contribution in [1.29, 1.82) is 0 Å². The standard InChI is InChI=1S/C18H21N3O2S/c1-12(2)20(3)18(23)16-10-24-11-21(16)17(22)15-9-8-13-6-4-5-7-14(13)19-15/h4-9,12,16H,10-11H2,1-3H3/t16-/m0/s1. The lowest BCUT2D eigenvalue weighted by atomic mass is 10.1. The number of benzene rings is 1. The van der Waals surface area contributed by atoms with Crippen molar-refractivity contribution >= 4 is 34.5 Å². The van der Waals surface area contributed by atoms with Gasteiger partial charge < -0.3 is 9.80 Å². The van der Waals surface area contributed by atoms with Crippen LogP contribution in [0, 0.1) is 0 Å². The molecule has 2 amide bonds. The maximum Gasteiger partial charge on any atom is 0.273 e. The normalized spacial score (nSPS) is 17.5. The summed E-state index contributed by atoms with van der Waals surface area (Å²) in [6, 6.07) is 11.0. The molecule has 0 aliphatic carbocycles. The number of nitrogens with zero attached hydrogens (tertiary/aromatic N) is 3. The number of rotatable bonds is 3. The van der Waals surface area contributed by atoms with Crippen molar-refractivity contribution in [1.82, 2.24) is 14.8 Å². The Balaban J connectivity index is 1.85. The van der Waals surface area contributed by atoms with E-state index in [0.29, 0.717) is 17.3 Å². The molecule has 0 radical (unpaired) electrons. The second kappa shape index (κ2) is 6.81. The molecule has 0 spiro atoms. The third kappa shape index (κ3) is 3.11. The summed E-state index contributed by atoms with van der Waals surface area (Å²) < 4.78 is 0. The van der Waals surface area contributed by atoms with Gasteiger partial charge in [0.05, 0.1) is 11.4 Å². The number of pyridine rings is 1. The van der Waals surface area contributed by atoms with Gasteiger partial charge in [-0.25, -0.2) is 4.98 Å². The number of carbonyl (C=O) groups is 2. The van der Waals surface area contributed by atoms with Crippen molar-refractivity contribution in [3.05, 3.63) is 42.1 Å². The quantitative estimate of drug-likeness (QED) is 0.860. The highest BCUT2D eigenvalue weighted by atomic mass is 32.2. The molecular formula is C18H21N3O2S. The molecule has 24 heavy (non-hydrogen) atoms. The summed E-state index contributed by atoms with van der Waals surface area (Å²) in [6.07, 6.45) is 0. The summed E-state index contributed by atoms with van der Waals surface area (Å²) >= 11 is 1.60. The fraction of sp³-hybridized carbons (Fsp3) is 0.389. The minimum atomic E-state index is -0.414. The Morgan fingerprint density at radius 1 is 1.25 bits per heavy atom. The molecular weight excluding hydrogens is 322 g/mol. The molecule has 5 nitrogen and oxygen atoms in total. The zero-order valence-electron chi connectivity index (χ0n) is 14.1. The first kappa shape index (κ1) is 16.8. The number of amides is 2. The highest BCUT2D eigenvalue weighted by molar-refractivity contribution is 7.99. The molecule has 0 N–H and O–H groups in total. The summed E-state index contributed by atoms with van der Waals surface area (Å²) in [6.45, 7) is 3.94. The van der Waals surface area contributed by atoms with Gasteiger partial charge in [0.15, 0.2) is 0 Å². The summed E-state index contributed by atoms with van der Waals surface area (Å²) in [5.74, 6) is 0.968. The molecule has 3 rings (SSSR count). The molecule has 126 valence electrons. The van der Waals surface area contributed by atoms with Crippen LogP contribution in [0.3, 0.4) is 0 Å². The Labute approximate surface area is 146 Å². The van der Waals surface area contributed by atoms with Gasteiger partial charge in [-0.1, -0.05) is 24.3 Å². The molecule has 2 heterocycles. The highest BCUT2D eigenvalue weighted by Gasteiger charge is 2.37. The van der Waals surface area contributed by atoms with E-state index in [0.717, 1.165) is 10.9 Å². The van der Waals surface area contributed by atoms with E-state index in [1.54, 1.807) is 34.7 Å². The van der Waals surface area contributed by atoms with Gasteiger partial charge in [0.2, 0.25) is 5.91 Å². The Morgan fingerprint density at radius 3 is 2.75 bits per heavy atom. The van der Waals surface area contributed by atoms with E-state index in [1.807, 2.05) is 44.2 Å². The van der Waals surface area contributed by atoms with Crippen molar-refractivity contribution in [2.24, 2.45) is 0 Å². The Morgan fingerprint density at radius 2 is 2.00 bits per heavy atom. The fourth-order valence-electron chi connectivity index (χ4n) is 2.67. The number of thioether (sulfide) groups is 1. The molecule has 0 saturated carbocycles. The number of aromatic nitrogens is 1. The fourth-order valence-corrected chi connectivity index (χ4v) is 3.81. The van der Waals surface area contributed by atoms with Gasteiger partial charge >= 0.3 is 0 Å². The maximum atomic E-state index is 12.9. The van der Waals surface area contributed by atoms with Gasteiger partial charge in [0.1, 0.15) is 11.7 Å². The van der Waals surface area contributed by atoms with Crippen molar-refractivity contribution in [3.8, 4) is 0 Å². The Kier molecular flexibility index (Phi) is 4.76. The van der Waals surface area contributed by atoms with Crippen LogP contribution >= 0.6 is 11.8 Å². The Bertz CT molecular complexity index is 778. The van der Waals surface area contributed by atoms with E-state index in [-0.39, 0.29) is 17.9 Å². The van der Waals surface area contributed by atoms with Crippen LogP contribution in [0.1, 0.15) is 24.3 Å². The number of hydrogen-bond donors (Lipinski definition) is 0. The highest BCUT2D eigenvalue weighted by Crippen LogP contribution is 2.25. The molecule has 1 aliphatic rings. The molecule has 1 aliphatic heterocycles. The van der Waals surface area contributed by atoms with E-state index in [1.165, 1.54) is 0 Å². The lowest BCUT2D eigenvalue weighted by Gasteiger charge is -2.29. The Hall–Kier alpha value is -2.08. The van der Waals surface area contributed by atoms with Crippen LogP contribution in [0.4, 0.5) is 0 Å². The van der Waals surface area contributed by atoms with Gasteiger partial charge in [-0.05, 0) is 26.0 Å². The molecule has 1 aromatic heterocycles. The first-order valence-corrected chi connectivity index (χ1v) is 9.15. The zero-order valence-corrected chi connectivity index (χ0v) is 14.9. The second-order valence-electron chi connectivity index (χ2n) is 6.22.